The van der Waals surface area contributed by atoms with Gasteiger partial charge >= 0.3 is 6.03 Å². The number of thioether (sulfide) groups is 1. The van der Waals surface area contributed by atoms with Crippen LogP contribution in [0.15, 0.2) is 59.8 Å². The van der Waals surface area contributed by atoms with Crippen molar-refractivity contribution in [3.05, 3.63) is 65.2 Å². The first-order chi connectivity index (χ1) is 15.3. The first-order valence-corrected chi connectivity index (χ1v) is 11.7. The van der Waals surface area contributed by atoms with Crippen LogP contribution in [0.1, 0.15) is 25.8 Å². The molecule has 0 bridgehead atoms. The lowest BCUT2D eigenvalue weighted by atomic mass is 10.1. The van der Waals surface area contributed by atoms with Gasteiger partial charge in [-0.2, -0.15) is 0 Å². The van der Waals surface area contributed by atoms with Crippen LogP contribution >= 0.6 is 23.4 Å². The van der Waals surface area contributed by atoms with E-state index in [1.807, 2.05) is 42.5 Å². The molecule has 0 aliphatic carbocycles. The van der Waals surface area contributed by atoms with Gasteiger partial charge in [-0.25, -0.2) is 4.79 Å². The van der Waals surface area contributed by atoms with Crippen molar-refractivity contribution in [3.63, 3.8) is 0 Å². The van der Waals surface area contributed by atoms with Crippen molar-refractivity contribution in [3.8, 4) is 11.4 Å². The number of imide groups is 1. The van der Waals surface area contributed by atoms with Crippen LogP contribution in [0.5, 0.6) is 0 Å². The van der Waals surface area contributed by atoms with Crippen molar-refractivity contribution in [2.24, 2.45) is 0 Å². The lowest BCUT2D eigenvalue weighted by Gasteiger charge is -2.15. The van der Waals surface area contributed by atoms with Gasteiger partial charge in [-0.15, -0.1) is 10.2 Å². The van der Waals surface area contributed by atoms with Gasteiger partial charge in [-0.1, -0.05) is 53.7 Å². The van der Waals surface area contributed by atoms with E-state index < -0.39 is 5.54 Å². The van der Waals surface area contributed by atoms with Gasteiger partial charge in [0.25, 0.3) is 5.91 Å². The average molecular weight is 470 g/mol. The number of nitrogens with zero attached hydrogens (tertiary/aromatic N) is 4. The van der Waals surface area contributed by atoms with Crippen LogP contribution < -0.4 is 5.32 Å². The highest BCUT2D eigenvalue weighted by Gasteiger charge is 2.43. The molecule has 4 rings (SSSR count). The maximum Gasteiger partial charge on any atom is 0.325 e. The standard InChI is InChI=1S/C23H24ClN5O2S/c1-23(2)20(30)28(21(31)25-23)13-6-14-32-22-27-26-19(17-9-11-18(24)12-10-17)29(22)15-16-7-4-3-5-8-16/h3-5,7-12H,6,13-15H2,1-2H3,(H,25,31). The third-order valence-electron chi connectivity index (χ3n) is 5.20. The molecular formula is C23H24ClN5O2S. The minimum absolute atomic E-state index is 0.190. The largest absolute Gasteiger partial charge is 0.325 e. The number of carbonyl (C=O) groups excluding carboxylic acids is 2. The van der Waals surface area contributed by atoms with E-state index in [-0.39, 0.29) is 11.9 Å². The van der Waals surface area contributed by atoms with E-state index in [1.165, 1.54) is 4.90 Å². The molecule has 3 aromatic rings. The minimum atomic E-state index is -0.840. The molecule has 2 aromatic carbocycles. The van der Waals surface area contributed by atoms with E-state index >= 15 is 0 Å². The second-order valence-corrected chi connectivity index (χ2v) is 9.60. The zero-order valence-electron chi connectivity index (χ0n) is 17.9. The quantitative estimate of drug-likeness (QED) is 0.299. The van der Waals surface area contributed by atoms with E-state index in [4.69, 9.17) is 11.6 Å². The van der Waals surface area contributed by atoms with Crippen LogP contribution in [-0.2, 0) is 11.3 Å². The maximum absolute atomic E-state index is 12.3. The molecule has 1 aliphatic rings. The van der Waals surface area contributed by atoms with Crippen LogP contribution in [0.25, 0.3) is 11.4 Å². The molecule has 2 heterocycles. The third-order valence-corrected chi connectivity index (χ3v) is 6.51. The molecule has 3 amide bonds. The molecule has 0 saturated carbocycles. The Morgan fingerprint density at radius 1 is 1.03 bits per heavy atom. The van der Waals surface area contributed by atoms with Crippen molar-refractivity contribution in [2.45, 2.75) is 37.5 Å². The number of carbonyl (C=O) groups is 2. The Hall–Kier alpha value is -2.84. The summed E-state index contributed by atoms with van der Waals surface area (Å²) < 4.78 is 2.08. The normalized spacial score (nSPS) is 15.3. The van der Waals surface area contributed by atoms with E-state index in [2.05, 4.69) is 32.2 Å². The Labute approximate surface area is 196 Å². The number of benzene rings is 2. The lowest BCUT2D eigenvalue weighted by Crippen LogP contribution is -2.40. The molecule has 7 nitrogen and oxygen atoms in total. The van der Waals surface area contributed by atoms with Gasteiger partial charge in [0.05, 0.1) is 6.54 Å². The van der Waals surface area contributed by atoms with Crippen LogP contribution in [0.3, 0.4) is 0 Å². The SMILES string of the molecule is CC1(C)NC(=O)N(CCCSc2nnc(-c3ccc(Cl)cc3)n2Cc2ccccc2)C1=O. The predicted octanol–water partition coefficient (Wildman–Crippen LogP) is 4.46. The van der Waals surface area contributed by atoms with Crippen LogP contribution in [0, 0.1) is 0 Å². The highest BCUT2D eigenvalue weighted by atomic mass is 35.5. The first kappa shape index (κ1) is 22.4. The van der Waals surface area contributed by atoms with E-state index in [9.17, 15) is 9.59 Å². The molecule has 1 aliphatic heterocycles. The summed E-state index contributed by atoms with van der Waals surface area (Å²) in [6, 6.07) is 17.4. The molecule has 1 saturated heterocycles. The predicted molar refractivity (Wildman–Crippen MR) is 126 cm³/mol. The molecule has 166 valence electrons. The van der Waals surface area contributed by atoms with E-state index in [0.29, 0.717) is 30.3 Å². The third kappa shape index (κ3) is 4.81. The van der Waals surface area contributed by atoms with Gasteiger partial charge in [0.15, 0.2) is 11.0 Å². The lowest BCUT2D eigenvalue weighted by molar-refractivity contribution is -0.130. The summed E-state index contributed by atoms with van der Waals surface area (Å²) >= 11 is 7.61. The maximum atomic E-state index is 12.3. The monoisotopic (exact) mass is 469 g/mol. The molecular weight excluding hydrogens is 446 g/mol. The highest BCUT2D eigenvalue weighted by molar-refractivity contribution is 7.99. The molecule has 0 radical (unpaired) electrons. The number of rotatable bonds is 8. The fraction of sp³-hybridized carbons (Fsp3) is 0.304. The van der Waals surface area contributed by atoms with Crippen molar-refractivity contribution in [1.82, 2.24) is 25.0 Å². The van der Waals surface area contributed by atoms with E-state index in [1.54, 1.807) is 25.6 Å². The van der Waals surface area contributed by atoms with Gasteiger partial charge in [0.1, 0.15) is 5.54 Å². The smallest absolute Gasteiger partial charge is 0.324 e. The summed E-state index contributed by atoms with van der Waals surface area (Å²) in [5, 5.41) is 13.0. The summed E-state index contributed by atoms with van der Waals surface area (Å²) in [4.78, 5) is 25.7. The number of halogens is 1. The minimum Gasteiger partial charge on any atom is -0.324 e. The Morgan fingerprint density at radius 3 is 2.41 bits per heavy atom. The number of hydrogen-bond acceptors (Lipinski definition) is 5. The second-order valence-electron chi connectivity index (χ2n) is 8.10. The second kappa shape index (κ2) is 9.34. The summed E-state index contributed by atoms with van der Waals surface area (Å²) in [6.07, 6.45) is 0.661. The molecule has 9 heteroatoms. The van der Waals surface area contributed by atoms with Gasteiger partial charge in [-0.3, -0.25) is 14.3 Å². The summed E-state index contributed by atoms with van der Waals surface area (Å²) in [6.45, 7) is 4.44. The molecule has 0 spiro atoms. The number of nitrogens with one attached hydrogen (secondary N) is 1. The van der Waals surface area contributed by atoms with Crippen molar-refractivity contribution in [2.75, 3.05) is 12.3 Å². The van der Waals surface area contributed by atoms with Crippen molar-refractivity contribution >= 4 is 35.3 Å². The number of urea groups is 1. The Morgan fingerprint density at radius 2 is 1.75 bits per heavy atom. The topological polar surface area (TPSA) is 80.1 Å². The summed E-state index contributed by atoms with van der Waals surface area (Å²) in [7, 11) is 0. The van der Waals surface area contributed by atoms with Crippen LogP contribution in [-0.4, -0.2) is 49.4 Å². The fourth-order valence-electron chi connectivity index (χ4n) is 3.52. The number of amides is 3. The van der Waals surface area contributed by atoms with Gasteiger partial charge in [0.2, 0.25) is 0 Å². The molecule has 1 N–H and O–H groups in total. The zero-order valence-corrected chi connectivity index (χ0v) is 19.5. The molecule has 0 atom stereocenters. The summed E-state index contributed by atoms with van der Waals surface area (Å²) in [5.74, 6) is 1.28. The van der Waals surface area contributed by atoms with Crippen LogP contribution in [0.4, 0.5) is 4.79 Å². The number of aromatic nitrogens is 3. The van der Waals surface area contributed by atoms with Crippen molar-refractivity contribution < 1.29 is 9.59 Å². The van der Waals surface area contributed by atoms with Gasteiger partial charge < -0.3 is 5.32 Å². The van der Waals surface area contributed by atoms with E-state index in [0.717, 1.165) is 22.1 Å². The van der Waals surface area contributed by atoms with Gasteiger partial charge in [-0.05, 0) is 50.1 Å². The van der Waals surface area contributed by atoms with Crippen molar-refractivity contribution in [1.29, 1.82) is 0 Å². The Bertz CT molecular complexity index is 1120. The fourth-order valence-corrected chi connectivity index (χ4v) is 4.51. The summed E-state index contributed by atoms with van der Waals surface area (Å²) in [5.41, 5.74) is 1.24. The molecule has 0 unspecified atom stereocenters. The highest BCUT2D eigenvalue weighted by Crippen LogP contribution is 2.27. The zero-order chi connectivity index (χ0) is 22.7. The molecule has 1 aromatic heterocycles. The molecule has 1 fully saturated rings. The Balaban J connectivity index is 1.48. The van der Waals surface area contributed by atoms with Crippen LogP contribution in [0.2, 0.25) is 5.02 Å². The Kier molecular flexibility index (Phi) is 6.53. The number of hydrogen-bond donors (Lipinski definition) is 1. The molecule has 32 heavy (non-hydrogen) atoms. The average Bonchev–Trinajstić information content (AvgIpc) is 3.24. The van der Waals surface area contributed by atoms with Gasteiger partial charge in [0, 0.05) is 22.9 Å². The first-order valence-electron chi connectivity index (χ1n) is 10.3.